The van der Waals surface area contributed by atoms with E-state index in [-0.39, 0.29) is 16.8 Å². The first-order valence-corrected chi connectivity index (χ1v) is 11.2. The quantitative estimate of drug-likeness (QED) is 0.279. The molecule has 0 saturated carbocycles. The maximum atomic E-state index is 13.6. The molecule has 0 aromatic heterocycles. The minimum atomic E-state index is -0.500. The molecule has 0 spiro atoms. The van der Waals surface area contributed by atoms with E-state index >= 15 is 0 Å². The average molecular weight is 473 g/mol. The second kappa shape index (κ2) is 9.89. The van der Waals surface area contributed by atoms with Gasteiger partial charge in [-0.15, -0.1) is 0 Å². The lowest BCUT2D eigenvalue weighted by Gasteiger charge is -2.36. The molecule has 0 bridgehead atoms. The first-order chi connectivity index (χ1) is 16.4. The van der Waals surface area contributed by atoms with Crippen molar-refractivity contribution in [1.29, 1.82) is 0 Å². The second-order valence-electron chi connectivity index (χ2n) is 7.86. The molecule has 0 radical (unpaired) electrons. The van der Waals surface area contributed by atoms with E-state index in [4.69, 9.17) is 21.7 Å². The number of amides is 2. The normalized spacial score (nSPS) is 14.0. The highest BCUT2D eigenvalue weighted by Crippen LogP contribution is 2.32. The fourth-order valence-electron chi connectivity index (χ4n) is 3.61. The summed E-state index contributed by atoms with van der Waals surface area (Å²) in [5, 5.41) is 0.0953. The van der Waals surface area contributed by atoms with Gasteiger partial charge in [0.05, 0.1) is 24.6 Å². The van der Waals surface area contributed by atoms with Gasteiger partial charge in [0.25, 0.3) is 11.8 Å². The van der Waals surface area contributed by atoms with Crippen LogP contribution >= 0.6 is 12.2 Å². The van der Waals surface area contributed by atoms with Gasteiger partial charge in [0.1, 0.15) is 17.1 Å². The van der Waals surface area contributed by atoms with Crippen molar-refractivity contribution in [2.75, 3.05) is 16.9 Å². The SMILES string of the molecule is COc1ccc(C=C2C(=O)N(c3ccccc3)C(=S)N(c3ccccc3)C2=O)c(OC(C)C)c1. The number of anilines is 2. The summed E-state index contributed by atoms with van der Waals surface area (Å²) in [7, 11) is 1.57. The van der Waals surface area contributed by atoms with Crippen LogP contribution in [0.3, 0.4) is 0 Å². The van der Waals surface area contributed by atoms with Crippen LogP contribution in [0.2, 0.25) is 0 Å². The molecular formula is C27H24N2O4S. The van der Waals surface area contributed by atoms with E-state index in [1.165, 1.54) is 9.80 Å². The molecule has 2 amide bonds. The standard InChI is InChI=1S/C27H24N2O4S/c1-18(2)33-24-17-22(32-3)15-14-19(24)16-23-25(30)28(20-10-6-4-7-11-20)27(34)29(26(23)31)21-12-8-5-9-13-21/h4-18H,1-3H3. The minimum Gasteiger partial charge on any atom is -0.497 e. The van der Waals surface area contributed by atoms with Crippen molar-refractivity contribution in [3.05, 3.63) is 90.0 Å². The van der Waals surface area contributed by atoms with Crippen molar-refractivity contribution in [2.45, 2.75) is 20.0 Å². The summed E-state index contributed by atoms with van der Waals surface area (Å²) in [4.78, 5) is 30.0. The molecule has 3 aromatic rings. The molecule has 172 valence electrons. The molecule has 4 rings (SSSR count). The third-order valence-corrected chi connectivity index (χ3v) is 5.53. The summed E-state index contributed by atoms with van der Waals surface area (Å²) in [5.74, 6) is 0.115. The Labute approximate surface area is 204 Å². The second-order valence-corrected chi connectivity index (χ2v) is 8.23. The van der Waals surface area contributed by atoms with Crippen molar-refractivity contribution in [2.24, 2.45) is 0 Å². The van der Waals surface area contributed by atoms with Crippen LogP contribution in [0, 0.1) is 0 Å². The highest BCUT2D eigenvalue weighted by Gasteiger charge is 2.41. The summed E-state index contributed by atoms with van der Waals surface area (Å²) in [6.07, 6.45) is 1.44. The number of ether oxygens (including phenoxy) is 2. The molecule has 34 heavy (non-hydrogen) atoms. The molecule has 0 aliphatic carbocycles. The van der Waals surface area contributed by atoms with E-state index in [9.17, 15) is 9.59 Å². The fraction of sp³-hybridized carbons (Fsp3) is 0.148. The number of nitrogens with zero attached hydrogens (tertiary/aromatic N) is 2. The van der Waals surface area contributed by atoms with E-state index in [2.05, 4.69) is 0 Å². The molecule has 1 aliphatic rings. The number of carbonyl (C=O) groups excluding carboxylic acids is 2. The van der Waals surface area contributed by atoms with Crippen LogP contribution in [0.5, 0.6) is 11.5 Å². The van der Waals surface area contributed by atoms with Crippen LogP contribution in [0.1, 0.15) is 19.4 Å². The lowest BCUT2D eigenvalue weighted by Crippen LogP contribution is -2.56. The molecule has 3 aromatic carbocycles. The van der Waals surface area contributed by atoms with Gasteiger partial charge < -0.3 is 9.47 Å². The molecule has 0 unspecified atom stereocenters. The van der Waals surface area contributed by atoms with Crippen LogP contribution in [0.25, 0.3) is 6.08 Å². The molecule has 6 nitrogen and oxygen atoms in total. The van der Waals surface area contributed by atoms with Crippen molar-refractivity contribution in [3.8, 4) is 11.5 Å². The lowest BCUT2D eigenvalue weighted by atomic mass is 10.0. The number of hydrogen-bond acceptors (Lipinski definition) is 5. The van der Waals surface area contributed by atoms with Gasteiger partial charge in [-0.05, 0) is 68.5 Å². The summed E-state index contributed by atoms with van der Waals surface area (Å²) in [6, 6.07) is 23.3. The Morgan fingerprint density at radius 1 is 0.824 bits per heavy atom. The summed E-state index contributed by atoms with van der Waals surface area (Å²) in [6.45, 7) is 3.81. The molecule has 0 N–H and O–H groups in total. The monoisotopic (exact) mass is 472 g/mol. The molecule has 0 atom stereocenters. The van der Waals surface area contributed by atoms with Gasteiger partial charge in [-0.3, -0.25) is 19.4 Å². The van der Waals surface area contributed by atoms with Crippen molar-refractivity contribution >= 4 is 46.6 Å². The van der Waals surface area contributed by atoms with Crippen LogP contribution in [0.15, 0.2) is 84.4 Å². The zero-order chi connectivity index (χ0) is 24.2. The Morgan fingerprint density at radius 2 is 1.35 bits per heavy atom. The van der Waals surface area contributed by atoms with Gasteiger partial charge in [-0.1, -0.05) is 36.4 Å². The smallest absolute Gasteiger partial charge is 0.270 e. The Hall–Kier alpha value is -3.97. The number of thiocarbonyl (C=S) groups is 1. The molecular weight excluding hydrogens is 448 g/mol. The van der Waals surface area contributed by atoms with E-state index in [0.29, 0.717) is 28.4 Å². The Morgan fingerprint density at radius 3 is 1.82 bits per heavy atom. The summed E-state index contributed by atoms with van der Waals surface area (Å²) in [5.41, 5.74) is 1.70. The topological polar surface area (TPSA) is 59.1 Å². The first kappa shape index (κ1) is 23.2. The van der Waals surface area contributed by atoms with Crippen molar-refractivity contribution in [3.63, 3.8) is 0 Å². The average Bonchev–Trinajstić information content (AvgIpc) is 2.83. The molecule has 1 heterocycles. The third kappa shape index (κ3) is 4.56. The molecule has 1 fully saturated rings. The van der Waals surface area contributed by atoms with Crippen LogP contribution in [-0.2, 0) is 9.59 Å². The Kier molecular flexibility index (Phi) is 6.75. The van der Waals surface area contributed by atoms with E-state index in [1.807, 2.05) is 50.2 Å². The van der Waals surface area contributed by atoms with Gasteiger partial charge >= 0.3 is 0 Å². The van der Waals surface area contributed by atoms with Crippen molar-refractivity contribution < 1.29 is 19.1 Å². The van der Waals surface area contributed by atoms with Crippen LogP contribution < -0.4 is 19.3 Å². The largest absolute Gasteiger partial charge is 0.497 e. The maximum absolute atomic E-state index is 13.6. The van der Waals surface area contributed by atoms with E-state index in [1.54, 1.807) is 55.7 Å². The zero-order valence-corrected chi connectivity index (χ0v) is 19.9. The minimum absolute atomic E-state index is 0.0277. The first-order valence-electron chi connectivity index (χ1n) is 10.8. The third-order valence-electron chi connectivity index (χ3n) is 5.16. The number of methoxy groups -OCH3 is 1. The summed E-state index contributed by atoms with van der Waals surface area (Å²) >= 11 is 5.64. The van der Waals surface area contributed by atoms with E-state index in [0.717, 1.165) is 0 Å². The van der Waals surface area contributed by atoms with E-state index < -0.39 is 11.8 Å². The number of para-hydroxylation sites is 2. The van der Waals surface area contributed by atoms with Gasteiger partial charge in [0, 0.05) is 11.6 Å². The van der Waals surface area contributed by atoms with Gasteiger partial charge in [0.2, 0.25) is 0 Å². The predicted molar refractivity (Wildman–Crippen MR) is 137 cm³/mol. The highest BCUT2D eigenvalue weighted by molar-refractivity contribution is 7.81. The predicted octanol–water partition coefficient (Wildman–Crippen LogP) is 5.23. The maximum Gasteiger partial charge on any atom is 0.270 e. The molecule has 1 aliphatic heterocycles. The Bertz CT molecular complexity index is 1190. The van der Waals surface area contributed by atoms with Gasteiger partial charge in [-0.2, -0.15) is 0 Å². The number of carbonyl (C=O) groups is 2. The van der Waals surface area contributed by atoms with Crippen molar-refractivity contribution in [1.82, 2.24) is 0 Å². The van der Waals surface area contributed by atoms with Gasteiger partial charge in [-0.25, -0.2) is 0 Å². The number of rotatable bonds is 6. The lowest BCUT2D eigenvalue weighted by molar-refractivity contribution is -0.120. The van der Waals surface area contributed by atoms with Gasteiger partial charge in [0.15, 0.2) is 5.11 Å². The van der Waals surface area contributed by atoms with Crippen LogP contribution in [0.4, 0.5) is 11.4 Å². The number of benzene rings is 3. The fourth-order valence-corrected chi connectivity index (χ4v) is 3.99. The Balaban J connectivity index is 1.87. The summed E-state index contributed by atoms with van der Waals surface area (Å²) < 4.78 is 11.3. The molecule has 7 heteroatoms. The number of hydrogen-bond donors (Lipinski definition) is 0. The highest BCUT2D eigenvalue weighted by atomic mass is 32.1. The van der Waals surface area contributed by atoms with Crippen LogP contribution in [-0.4, -0.2) is 30.1 Å². The molecule has 1 saturated heterocycles. The zero-order valence-electron chi connectivity index (χ0n) is 19.1.